The van der Waals surface area contributed by atoms with Crippen molar-refractivity contribution in [2.24, 2.45) is 0 Å². The van der Waals surface area contributed by atoms with Crippen LogP contribution in [-0.4, -0.2) is 36.4 Å². The monoisotopic (exact) mass is 300 g/mol. The highest BCUT2D eigenvalue weighted by Gasteiger charge is 2.14. The zero-order valence-electron chi connectivity index (χ0n) is 11.0. The van der Waals surface area contributed by atoms with E-state index < -0.39 is 9.84 Å². The molecule has 2 aromatic rings. The minimum Gasteiger partial charge on any atom is -0.368 e. The molecule has 6 nitrogen and oxygen atoms in total. The van der Waals surface area contributed by atoms with Gasteiger partial charge in [0.2, 0.25) is 5.95 Å². The zero-order valence-corrected chi connectivity index (χ0v) is 12.6. The van der Waals surface area contributed by atoms with Crippen molar-refractivity contribution in [1.82, 2.24) is 9.97 Å². The Morgan fingerprint density at radius 1 is 1.47 bits per heavy atom. The highest BCUT2D eigenvalue weighted by molar-refractivity contribution is 7.90. The highest BCUT2D eigenvalue weighted by atomic mass is 32.2. The second-order valence-electron chi connectivity index (χ2n) is 4.64. The number of nitrogens with two attached hydrogens (primary N) is 1. The lowest BCUT2D eigenvalue weighted by molar-refractivity contribution is 0.598. The Morgan fingerprint density at radius 3 is 2.79 bits per heavy atom. The molecule has 0 aliphatic carbocycles. The third-order valence-corrected chi connectivity index (χ3v) is 4.52. The number of nitrogens with zero attached hydrogens (tertiary/aromatic N) is 2. The van der Waals surface area contributed by atoms with Gasteiger partial charge in [0.25, 0.3) is 0 Å². The van der Waals surface area contributed by atoms with E-state index in [1.807, 2.05) is 13.0 Å². The van der Waals surface area contributed by atoms with Crippen molar-refractivity contribution in [1.29, 1.82) is 0 Å². The van der Waals surface area contributed by atoms with Crippen molar-refractivity contribution in [2.45, 2.75) is 19.9 Å². The summed E-state index contributed by atoms with van der Waals surface area (Å²) < 4.78 is 22.5. The summed E-state index contributed by atoms with van der Waals surface area (Å²) in [6.07, 6.45) is 1.21. The van der Waals surface area contributed by atoms with E-state index in [1.165, 1.54) is 17.6 Å². The van der Waals surface area contributed by atoms with Gasteiger partial charge in [0, 0.05) is 17.2 Å². The standard InChI is InChI=1S/C11H16N4O2S2/c1-6(5-19(3,16)17)13-9-8-4-7(2)18-10(8)15-11(12)14-9/h4,6H,5H2,1-3H3,(H3,12,13,14,15). The van der Waals surface area contributed by atoms with Crippen LogP contribution in [0.5, 0.6) is 0 Å². The summed E-state index contributed by atoms with van der Waals surface area (Å²) >= 11 is 1.53. The van der Waals surface area contributed by atoms with E-state index in [0.29, 0.717) is 5.82 Å². The van der Waals surface area contributed by atoms with Gasteiger partial charge in [0.1, 0.15) is 20.5 Å². The molecule has 2 heterocycles. The van der Waals surface area contributed by atoms with Gasteiger partial charge < -0.3 is 11.1 Å². The van der Waals surface area contributed by atoms with Crippen LogP contribution in [0.2, 0.25) is 0 Å². The first-order chi connectivity index (χ1) is 8.74. The van der Waals surface area contributed by atoms with Crippen LogP contribution in [0.25, 0.3) is 10.2 Å². The summed E-state index contributed by atoms with van der Waals surface area (Å²) in [6.45, 7) is 3.77. The molecule has 0 aliphatic heterocycles. The number of aryl methyl sites for hydroxylation is 1. The fourth-order valence-corrected chi connectivity index (χ4v) is 3.78. The summed E-state index contributed by atoms with van der Waals surface area (Å²) in [6, 6.07) is 1.72. The lowest BCUT2D eigenvalue weighted by atomic mass is 10.3. The smallest absolute Gasteiger partial charge is 0.223 e. The van der Waals surface area contributed by atoms with Gasteiger partial charge in [-0.1, -0.05) is 0 Å². The van der Waals surface area contributed by atoms with Gasteiger partial charge in [-0.15, -0.1) is 11.3 Å². The first-order valence-electron chi connectivity index (χ1n) is 5.72. The molecule has 0 saturated carbocycles. The second kappa shape index (κ2) is 4.93. The number of rotatable bonds is 4. The van der Waals surface area contributed by atoms with Gasteiger partial charge in [-0.3, -0.25) is 0 Å². The third-order valence-electron chi connectivity index (χ3n) is 2.47. The third kappa shape index (κ3) is 3.54. The minimum absolute atomic E-state index is 0.0432. The number of anilines is 2. The van der Waals surface area contributed by atoms with Crippen LogP contribution in [0.3, 0.4) is 0 Å². The van der Waals surface area contributed by atoms with Gasteiger partial charge in [0.05, 0.1) is 11.1 Å². The largest absolute Gasteiger partial charge is 0.368 e. The minimum atomic E-state index is -3.04. The number of aromatic nitrogens is 2. The normalized spacial score (nSPS) is 13.6. The molecule has 2 aromatic heterocycles. The quantitative estimate of drug-likeness (QED) is 0.886. The van der Waals surface area contributed by atoms with Crippen LogP contribution in [0.1, 0.15) is 11.8 Å². The number of nitrogen functional groups attached to an aromatic ring is 1. The zero-order chi connectivity index (χ0) is 14.2. The van der Waals surface area contributed by atoms with Gasteiger partial charge in [-0.25, -0.2) is 13.4 Å². The molecule has 0 bridgehead atoms. The van der Waals surface area contributed by atoms with Crippen molar-refractivity contribution < 1.29 is 8.42 Å². The Balaban J connectivity index is 2.34. The molecule has 0 aromatic carbocycles. The number of hydrogen-bond acceptors (Lipinski definition) is 7. The van der Waals surface area contributed by atoms with Gasteiger partial charge >= 0.3 is 0 Å². The maximum atomic E-state index is 11.3. The van der Waals surface area contributed by atoms with Crippen molar-refractivity contribution in [3.8, 4) is 0 Å². The van der Waals surface area contributed by atoms with E-state index in [-0.39, 0.29) is 17.7 Å². The highest BCUT2D eigenvalue weighted by Crippen LogP contribution is 2.29. The summed E-state index contributed by atoms with van der Waals surface area (Å²) in [5, 5.41) is 3.96. The molecule has 104 valence electrons. The number of nitrogens with one attached hydrogen (secondary N) is 1. The Kier molecular flexibility index (Phi) is 3.64. The molecule has 1 unspecified atom stereocenters. The molecule has 0 amide bonds. The molecule has 1 atom stereocenters. The maximum Gasteiger partial charge on any atom is 0.223 e. The fraction of sp³-hybridized carbons (Fsp3) is 0.455. The second-order valence-corrected chi connectivity index (χ2v) is 8.06. The molecule has 0 fully saturated rings. The molecule has 0 spiro atoms. The van der Waals surface area contributed by atoms with E-state index in [4.69, 9.17) is 5.73 Å². The van der Waals surface area contributed by atoms with Crippen LogP contribution >= 0.6 is 11.3 Å². The molecule has 2 rings (SSSR count). The van der Waals surface area contributed by atoms with Crippen LogP contribution < -0.4 is 11.1 Å². The summed E-state index contributed by atoms with van der Waals surface area (Å²) in [7, 11) is -3.04. The molecular formula is C11H16N4O2S2. The SMILES string of the molecule is Cc1cc2c(NC(C)CS(C)(=O)=O)nc(N)nc2s1. The van der Waals surface area contributed by atoms with E-state index in [0.717, 1.165) is 15.1 Å². The van der Waals surface area contributed by atoms with Crippen molar-refractivity contribution in [3.05, 3.63) is 10.9 Å². The molecular weight excluding hydrogens is 284 g/mol. The predicted molar refractivity (Wildman–Crippen MR) is 79.4 cm³/mol. The average molecular weight is 300 g/mol. The number of fused-ring (bicyclic) bond motifs is 1. The first kappa shape index (κ1) is 14.0. The van der Waals surface area contributed by atoms with E-state index in [1.54, 1.807) is 6.92 Å². The first-order valence-corrected chi connectivity index (χ1v) is 8.60. The lowest BCUT2D eigenvalue weighted by Gasteiger charge is -2.14. The van der Waals surface area contributed by atoms with Gasteiger partial charge in [0.15, 0.2) is 0 Å². The number of hydrogen-bond donors (Lipinski definition) is 2. The fourth-order valence-electron chi connectivity index (χ4n) is 1.90. The Labute approximate surface area is 116 Å². The van der Waals surface area contributed by atoms with E-state index in [2.05, 4.69) is 15.3 Å². The molecule has 19 heavy (non-hydrogen) atoms. The molecule has 3 N–H and O–H groups in total. The van der Waals surface area contributed by atoms with Crippen molar-refractivity contribution >= 4 is 43.2 Å². The number of thiophene rings is 1. The average Bonchev–Trinajstić information content (AvgIpc) is 2.55. The van der Waals surface area contributed by atoms with Crippen LogP contribution in [-0.2, 0) is 9.84 Å². The topological polar surface area (TPSA) is 98.0 Å². The van der Waals surface area contributed by atoms with E-state index >= 15 is 0 Å². The van der Waals surface area contributed by atoms with Gasteiger partial charge in [-0.2, -0.15) is 4.98 Å². The van der Waals surface area contributed by atoms with Gasteiger partial charge in [-0.05, 0) is 19.9 Å². The molecule has 0 aliphatic rings. The van der Waals surface area contributed by atoms with Crippen LogP contribution in [0.15, 0.2) is 6.07 Å². The van der Waals surface area contributed by atoms with Crippen molar-refractivity contribution in [3.63, 3.8) is 0 Å². The Morgan fingerprint density at radius 2 is 2.16 bits per heavy atom. The molecule has 0 saturated heterocycles. The predicted octanol–water partition coefficient (Wildman–Crippen LogP) is 1.43. The van der Waals surface area contributed by atoms with Crippen LogP contribution in [0, 0.1) is 6.92 Å². The maximum absolute atomic E-state index is 11.3. The summed E-state index contributed by atoms with van der Waals surface area (Å²) in [5.41, 5.74) is 5.66. The lowest BCUT2D eigenvalue weighted by Crippen LogP contribution is -2.25. The molecule has 0 radical (unpaired) electrons. The Hall–Kier alpha value is -1.41. The molecule has 8 heteroatoms. The number of sulfone groups is 1. The summed E-state index contributed by atoms with van der Waals surface area (Å²) in [4.78, 5) is 10.2. The van der Waals surface area contributed by atoms with Crippen molar-refractivity contribution in [2.75, 3.05) is 23.1 Å². The Bertz CT molecular complexity index is 709. The van der Waals surface area contributed by atoms with E-state index in [9.17, 15) is 8.42 Å². The summed E-state index contributed by atoms with van der Waals surface area (Å²) in [5.74, 6) is 0.813. The van der Waals surface area contributed by atoms with Crippen LogP contribution in [0.4, 0.5) is 11.8 Å².